The van der Waals surface area contributed by atoms with Crippen LogP contribution in [0.15, 0.2) is 42.7 Å². The van der Waals surface area contributed by atoms with Crippen molar-refractivity contribution in [3.63, 3.8) is 0 Å². The number of benzene rings is 1. The summed E-state index contributed by atoms with van der Waals surface area (Å²) < 4.78 is 59.7. The van der Waals surface area contributed by atoms with Crippen LogP contribution in [0.5, 0.6) is 6.01 Å². The Labute approximate surface area is 428 Å². The number of piperidine rings is 1. The summed E-state index contributed by atoms with van der Waals surface area (Å²) in [7, 11) is 1.72. The van der Waals surface area contributed by atoms with E-state index in [-0.39, 0.29) is 107 Å². The number of alkyl halides is 3. The molecular formula is C52H69F3N10O9. The third-order valence-corrected chi connectivity index (χ3v) is 15.1. The number of halogens is 3. The molecule has 4 N–H and O–H groups in total. The molecule has 3 saturated heterocycles. The maximum Gasteiger partial charge on any atom is 0.416 e. The fourth-order valence-electron chi connectivity index (χ4n) is 10.9. The van der Waals surface area contributed by atoms with Crippen LogP contribution >= 0.6 is 0 Å². The molecule has 3 atom stereocenters. The SMILES string of the molecule is CC(=O)NCCN1CC[C@H](Nc2nc(OC3CCN(C(=O)[C@H]4CC[C@H](NC(=O)CCCO[C@H]5CC[C@H](OCCNC(=O)[C@H]6CC(=O)N(C)[C@@H]6c6cccnc6)CC5)CC4)CC3)nc3ccc(C(F)(F)F)cc23)C1=O. The number of likely N-dealkylation sites (tertiary alicyclic amines) is 3. The topological polar surface area (TPSA) is 227 Å². The Balaban J connectivity index is 0.692. The van der Waals surface area contributed by atoms with E-state index in [1.165, 1.54) is 13.0 Å². The van der Waals surface area contributed by atoms with Gasteiger partial charge >= 0.3 is 12.2 Å². The number of hydrogen-bond acceptors (Lipinski definition) is 13. The third-order valence-electron chi connectivity index (χ3n) is 15.1. The molecule has 0 bridgehead atoms. The van der Waals surface area contributed by atoms with Gasteiger partial charge in [-0.3, -0.25) is 33.8 Å². The molecule has 74 heavy (non-hydrogen) atoms. The smallest absolute Gasteiger partial charge is 0.416 e. The Hall–Kier alpha value is -6.16. The van der Waals surface area contributed by atoms with Crippen LogP contribution in [0.2, 0.25) is 0 Å². The highest BCUT2D eigenvalue weighted by Crippen LogP contribution is 2.38. The average Bonchev–Trinajstić information content (AvgIpc) is 3.89. The van der Waals surface area contributed by atoms with Gasteiger partial charge in [0.05, 0.1) is 41.9 Å². The summed E-state index contributed by atoms with van der Waals surface area (Å²) in [5, 5.41) is 11.9. The lowest BCUT2D eigenvalue weighted by Crippen LogP contribution is -2.46. The van der Waals surface area contributed by atoms with Crippen LogP contribution in [0.1, 0.15) is 114 Å². The number of nitrogens with one attached hydrogen (secondary N) is 4. The Kier molecular flexibility index (Phi) is 18.2. The predicted molar refractivity (Wildman–Crippen MR) is 264 cm³/mol. The van der Waals surface area contributed by atoms with Crippen LogP contribution in [0.3, 0.4) is 0 Å². The minimum Gasteiger partial charge on any atom is -0.460 e. The van der Waals surface area contributed by atoms with Crippen LogP contribution in [0.25, 0.3) is 10.9 Å². The average molecular weight is 1040 g/mol. The van der Waals surface area contributed by atoms with E-state index in [4.69, 9.17) is 14.2 Å². The summed E-state index contributed by atoms with van der Waals surface area (Å²) in [6.07, 6.45) is 7.28. The number of aromatic nitrogens is 3. The van der Waals surface area contributed by atoms with E-state index in [0.717, 1.165) is 43.4 Å². The highest BCUT2D eigenvalue weighted by molar-refractivity contribution is 5.94. The van der Waals surface area contributed by atoms with Gasteiger partial charge in [0.2, 0.25) is 35.4 Å². The highest BCUT2D eigenvalue weighted by atomic mass is 19.4. The third kappa shape index (κ3) is 14.2. The fraction of sp³-hybridized carbons (Fsp3) is 0.635. The highest BCUT2D eigenvalue weighted by Gasteiger charge is 2.43. The molecule has 22 heteroatoms. The van der Waals surface area contributed by atoms with Crippen molar-refractivity contribution >= 4 is 52.2 Å². The minimum atomic E-state index is -4.61. The van der Waals surface area contributed by atoms with Crippen molar-refractivity contribution < 1.29 is 56.1 Å². The minimum absolute atomic E-state index is 0.00901. The number of ether oxygens (including phenoxy) is 3. The van der Waals surface area contributed by atoms with Crippen LogP contribution in [0, 0.1) is 11.8 Å². The maximum atomic E-state index is 13.8. The van der Waals surface area contributed by atoms with Gasteiger partial charge in [-0.15, -0.1) is 0 Å². The second kappa shape index (κ2) is 24.9. The molecule has 2 aliphatic carbocycles. The first-order valence-corrected chi connectivity index (χ1v) is 26.2. The maximum absolute atomic E-state index is 13.8. The summed E-state index contributed by atoms with van der Waals surface area (Å²) >= 11 is 0. The lowest BCUT2D eigenvalue weighted by atomic mass is 9.84. The van der Waals surface area contributed by atoms with Crippen molar-refractivity contribution in [1.82, 2.24) is 45.6 Å². The van der Waals surface area contributed by atoms with E-state index in [2.05, 4.69) is 36.2 Å². The summed E-state index contributed by atoms with van der Waals surface area (Å²) in [5.74, 6) is -1.23. The lowest BCUT2D eigenvalue weighted by Gasteiger charge is -2.36. The molecule has 6 amide bonds. The molecule has 0 unspecified atom stereocenters. The number of fused-ring (bicyclic) bond motifs is 1. The van der Waals surface area contributed by atoms with Crippen LogP contribution in [0.4, 0.5) is 19.0 Å². The van der Waals surface area contributed by atoms with Gasteiger partial charge in [-0.2, -0.15) is 23.1 Å². The second-order valence-electron chi connectivity index (χ2n) is 20.2. The molecular weight excluding hydrogens is 966 g/mol. The van der Waals surface area contributed by atoms with E-state index in [0.29, 0.717) is 104 Å². The van der Waals surface area contributed by atoms with Crippen molar-refractivity contribution in [3.8, 4) is 6.01 Å². The fourth-order valence-corrected chi connectivity index (χ4v) is 10.9. The van der Waals surface area contributed by atoms with Gasteiger partial charge < -0.3 is 50.2 Å². The lowest BCUT2D eigenvalue weighted by molar-refractivity contribution is -0.139. The van der Waals surface area contributed by atoms with E-state index in [1.54, 1.807) is 35.3 Å². The Morgan fingerprint density at radius 3 is 2.24 bits per heavy atom. The number of anilines is 1. The molecule has 5 fully saturated rings. The number of carbonyl (C=O) groups is 6. The molecule has 0 spiro atoms. The van der Waals surface area contributed by atoms with Gasteiger partial charge in [0.25, 0.3) is 0 Å². The number of hydrogen-bond donors (Lipinski definition) is 4. The van der Waals surface area contributed by atoms with Crippen molar-refractivity contribution in [1.29, 1.82) is 0 Å². The number of rotatable bonds is 20. The zero-order valence-electron chi connectivity index (χ0n) is 42.2. The molecule has 5 aliphatic rings. The van der Waals surface area contributed by atoms with Gasteiger partial charge in [0, 0.05) is 115 Å². The number of pyridine rings is 1. The molecule has 3 aliphatic heterocycles. The summed E-state index contributed by atoms with van der Waals surface area (Å²) in [6, 6.07) is 5.72. The van der Waals surface area contributed by atoms with Crippen molar-refractivity contribution in [2.75, 3.05) is 64.8 Å². The zero-order chi connectivity index (χ0) is 52.4. The molecule has 2 saturated carbocycles. The normalized spacial score (nSPS) is 24.8. The quantitative estimate of drug-likeness (QED) is 0.113. The Bertz CT molecular complexity index is 2450. The zero-order valence-corrected chi connectivity index (χ0v) is 42.2. The predicted octanol–water partition coefficient (Wildman–Crippen LogP) is 4.70. The van der Waals surface area contributed by atoms with Crippen molar-refractivity contribution in [2.24, 2.45) is 11.8 Å². The van der Waals surface area contributed by atoms with E-state index < -0.39 is 23.7 Å². The Morgan fingerprint density at radius 2 is 1.55 bits per heavy atom. The molecule has 2 aromatic heterocycles. The van der Waals surface area contributed by atoms with Gasteiger partial charge in [-0.25, -0.2) is 0 Å². The largest absolute Gasteiger partial charge is 0.460 e. The molecule has 1 aromatic carbocycles. The van der Waals surface area contributed by atoms with Crippen molar-refractivity contribution in [2.45, 2.75) is 139 Å². The van der Waals surface area contributed by atoms with Gasteiger partial charge in [-0.05, 0) is 94.0 Å². The first kappa shape index (κ1) is 54.1. The molecule has 0 radical (unpaired) electrons. The molecule has 8 rings (SSSR count). The van der Waals surface area contributed by atoms with Crippen LogP contribution in [-0.2, 0) is 44.4 Å². The van der Waals surface area contributed by atoms with Gasteiger partial charge in [0.15, 0.2) is 0 Å². The summed E-state index contributed by atoms with van der Waals surface area (Å²) in [6.45, 7) is 4.50. The monoisotopic (exact) mass is 1030 g/mol. The summed E-state index contributed by atoms with van der Waals surface area (Å²) in [4.78, 5) is 94.7. The van der Waals surface area contributed by atoms with E-state index in [9.17, 15) is 41.9 Å². The Morgan fingerprint density at radius 1 is 0.824 bits per heavy atom. The summed E-state index contributed by atoms with van der Waals surface area (Å²) in [5.41, 5.74) is 0.173. The first-order valence-electron chi connectivity index (χ1n) is 26.2. The molecule has 402 valence electrons. The van der Waals surface area contributed by atoms with Crippen LogP contribution < -0.4 is 26.0 Å². The number of nitrogens with zero attached hydrogens (tertiary/aromatic N) is 6. The number of carbonyl (C=O) groups excluding carboxylic acids is 6. The molecule has 5 heterocycles. The molecule has 19 nitrogen and oxygen atoms in total. The van der Waals surface area contributed by atoms with Crippen molar-refractivity contribution in [3.05, 3.63) is 53.9 Å². The van der Waals surface area contributed by atoms with Crippen LogP contribution in [-0.4, -0.2) is 155 Å². The second-order valence-corrected chi connectivity index (χ2v) is 20.2. The van der Waals surface area contributed by atoms with Gasteiger partial charge in [0.1, 0.15) is 18.0 Å². The number of amides is 6. The van der Waals surface area contributed by atoms with E-state index in [1.807, 2.05) is 11.0 Å². The molecule has 3 aromatic rings. The standard InChI is InChI=1S/C52H69F3N10O9/c1-32(66)57-21-26-65-25-19-43(50(65)71)60-47-40-29-35(52(53,54)55)9-16-42(40)61-51(62-47)74-39-17-23-64(24-18-39)49(70)33-7-10-36(11-8-33)59-44(67)6-4-27-72-37-12-14-38(15-13-37)73-28-22-58-48(69)41-30-45(68)63(2)46(41)34-5-3-20-56-31-34/h3,5,9,16,20,29,31,33,36-39,41,43,46H,4,6-8,10-15,17-19,21-28,30H2,1-2H3,(H,57,66)(H,58,69)(H,59,67)(H,60,61,62)/t33-,36-,37-,38-,41-,43-,46+/m0/s1. The van der Waals surface area contributed by atoms with E-state index >= 15 is 0 Å². The van der Waals surface area contributed by atoms with Gasteiger partial charge in [-0.1, -0.05) is 6.07 Å². The first-order chi connectivity index (χ1) is 35.6.